The first-order valence-electron chi connectivity index (χ1n) is 7.81. The van der Waals surface area contributed by atoms with Gasteiger partial charge in [-0.25, -0.2) is 17.5 Å². The third-order valence-electron chi connectivity index (χ3n) is 3.54. The van der Waals surface area contributed by atoms with Crippen LogP contribution in [0.4, 0.5) is 4.39 Å². The molecule has 0 aliphatic carbocycles. The van der Waals surface area contributed by atoms with Crippen LogP contribution in [0.15, 0.2) is 47.1 Å². The minimum Gasteiger partial charge on any atom is -0.467 e. The third kappa shape index (κ3) is 5.99. The lowest BCUT2D eigenvalue weighted by molar-refractivity contribution is -0.123. The summed E-state index contributed by atoms with van der Waals surface area (Å²) in [6.07, 6.45) is 1.49. The molecule has 0 unspecified atom stereocenters. The van der Waals surface area contributed by atoms with Crippen molar-refractivity contribution in [1.29, 1.82) is 0 Å². The van der Waals surface area contributed by atoms with Crippen molar-refractivity contribution in [3.8, 4) is 0 Å². The van der Waals surface area contributed by atoms with E-state index in [0.29, 0.717) is 11.3 Å². The first-order valence-corrected chi connectivity index (χ1v) is 9.46. The monoisotopic (exact) mass is 368 g/mol. The van der Waals surface area contributed by atoms with Crippen molar-refractivity contribution >= 4 is 15.9 Å². The van der Waals surface area contributed by atoms with E-state index in [9.17, 15) is 17.6 Å². The molecule has 1 aromatic heterocycles. The second-order valence-electron chi connectivity index (χ2n) is 6.02. The topological polar surface area (TPSA) is 88.4 Å². The summed E-state index contributed by atoms with van der Waals surface area (Å²) in [5.74, 6) is -0.882. The van der Waals surface area contributed by atoms with Crippen LogP contribution in [0, 0.1) is 11.7 Å². The number of halogens is 1. The van der Waals surface area contributed by atoms with Gasteiger partial charge >= 0.3 is 0 Å². The minimum absolute atomic E-state index is 0.175. The molecule has 0 saturated carbocycles. The molecule has 1 heterocycles. The van der Waals surface area contributed by atoms with Gasteiger partial charge in [0.15, 0.2) is 0 Å². The van der Waals surface area contributed by atoms with Gasteiger partial charge in [-0.15, -0.1) is 0 Å². The number of nitrogens with one attached hydrogen (secondary N) is 2. The molecule has 0 spiro atoms. The summed E-state index contributed by atoms with van der Waals surface area (Å²) in [5.41, 5.74) is 0.437. The molecule has 0 radical (unpaired) electrons. The Hall–Kier alpha value is -2.19. The Morgan fingerprint density at radius 2 is 1.88 bits per heavy atom. The van der Waals surface area contributed by atoms with E-state index in [1.807, 2.05) is 0 Å². The number of amides is 1. The number of hydrogen-bond acceptors (Lipinski definition) is 4. The predicted octanol–water partition coefficient (Wildman–Crippen LogP) is 2.18. The van der Waals surface area contributed by atoms with E-state index in [-0.39, 0.29) is 18.2 Å². The summed E-state index contributed by atoms with van der Waals surface area (Å²) >= 11 is 0. The maximum atomic E-state index is 12.9. The van der Waals surface area contributed by atoms with Crippen molar-refractivity contribution in [1.82, 2.24) is 10.0 Å². The van der Waals surface area contributed by atoms with Gasteiger partial charge in [0.2, 0.25) is 15.9 Å². The Balaban J connectivity index is 2.01. The maximum absolute atomic E-state index is 12.9. The Morgan fingerprint density at radius 3 is 2.44 bits per heavy atom. The van der Waals surface area contributed by atoms with Crippen molar-refractivity contribution in [2.24, 2.45) is 5.92 Å². The third-order valence-corrected chi connectivity index (χ3v) is 4.87. The van der Waals surface area contributed by atoms with Gasteiger partial charge in [0.25, 0.3) is 0 Å². The second kappa shape index (κ2) is 8.26. The normalized spacial score (nSPS) is 13.0. The Labute approximate surface area is 146 Å². The van der Waals surface area contributed by atoms with E-state index in [2.05, 4.69) is 10.0 Å². The molecule has 0 aliphatic rings. The first kappa shape index (κ1) is 19.1. The lowest BCUT2D eigenvalue weighted by Gasteiger charge is -2.21. The summed E-state index contributed by atoms with van der Waals surface area (Å²) in [6, 6.07) is 7.68. The van der Waals surface area contributed by atoms with E-state index in [1.54, 1.807) is 26.0 Å². The number of benzene rings is 1. The molecular weight excluding hydrogens is 347 g/mol. The highest BCUT2D eigenvalue weighted by Crippen LogP contribution is 2.10. The first-order chi connectivity index (χ1) is 11.8. The van der Waals surface area contributed by atoms with Crippen molar-refractivity contribution < 1.29 is 22.0 Å². The number of carbonyl (C=O) groups is 1. The highest BCUT2D eigenvalue weighted by atomic mass is 32.2. The van der Waals surface area contributed by atoms with Crippen LogP contribution in [0.1, 0.15) is 25.2 Å². The summed E-state index contributed by atoms with van der Waals surface area (Å²) in [5, 5.41) is 2.65. The average molecular weight is 368 g/mol. The molecular formula is C17H21FN2O4S. The van der Waals surface area contributed by atoms with Crippen LogP contribution in [-0.2, 0) is 27.1 Å². The Bertz CT molecular complexity index is 787. The highest BCUT2D eigenvalue weighted by molar-refractivity contribution is 7.88. The zero-order valence-electron chi connectivity index (χ0n) is 14.0. The standard InChI is InChI=1S/C17H21FN2O4S/c1-12(2)16(17(21)19-10-15-4-3-9-24-15)20-25(22,23)11-13-5-7-14(18)8-6-13/h3-9,12,16,20H,10-11H2,1-2H3,(H,19,21)/t16-/m0/s1. The molecule has 0 bridgehead atoms. The molecule has 0 aliphatic heterocycles. The van der Waals surface area contributed by atoms with E-state index in [0.717, 1.165) is 0 Å². The molecule has 1 atom stereocenters. The van der Waals surface area contributed by atoms with Crippen molar-refractivity contribution in [3.63, 3.8) is 0 Å². The number of rotatable bonds is 8. The molecule has 1 aromatic carbocycles. The van der Waals surface area contributed by atoms with Crippen molar-refractivity contribution in [3.05, 3.63) is 59.8 Å². The fourth-order valence-corrected chi connectivity index (χ4v) is 3.71. The van der Waals surface area contributed by atoms with Crippen molar-refractivity contribution in [2.45, 2.75) is 32.2 Å². The molecule has 2 aromatic rings. The van der Waals surface area contributed by atoms with Crippen LogP contribution in [0.2, 0.25) is 0 Å². The molecule has 136 valence electrons. The van der Waals surface area contributed by atoms with E-state index in [4.69, 9.17) is 4.42 Å². The van der Waals surface area contributed by atoms with Crippen LogP contribution in [0.25, 0.3) is 0 Å². The summed E-state index contributed by atoms with van der Waals surface area (Å²) in [6.45, 7) is 3.67. The van der Waals surface area contributed by atoms with Gasteiger partial charge in [0.1, 0.15) is 17.6 Å². The highest BCUT2D eigenvalue weighted by Gasteiger charge is 2.27. The SMILES string of the molecule is CC(C)[C@H](NS(=O)(=O)Cc1ccc(F)cc1)C(=O)NCc1ccco1. The second-order valence-corrected chi connectivity index (χ2v) is 7.78. The van der Waals surface area contributed by atoms with Gasteiger partial charge in [-0.3, -0.25) is 4.79 Å². The van der Waals surface area contributed by atoms with Gasteiger partial charge in [-0.1, -0.05) is 26.0 Å². The van der Waals surface area contributed by atoms with Gasteiger partial charge < -0.3 is 9.73 Å². The van der Waals surface area contributed by atoms with Crippen LogP contribution >= 0.6 is 0 Å². The molecule has 0 fully saturated rings. The van der Waals surface area contributed by atoms with E-state index >= 15 is 0 Å². The van der Waals surface area contributed by atoms with Gasteiger partial charge in [-0.05, 0) is 35.7 Å². The maximum Gasteiger partial charge on any atom is 0.238 e. The number of carbonyl (C=O) groups excluding carboxylic acids is 1. The van der Waals surface area contributed by atoms with Crippen molar-refractivity contribution in [2.75, 3.05) is 0 Å². The lowest BCUT2D eigenvalue weighted by atomic mass is 10.1. The molecule has 2 N–H and O–H groups in total. The van der Waals surface area contributed by atoms with E-state index < -0.39 is 27.8 Å². The fraction of sp³-hybridized carbons (Fsp3) is 0.353. The zero-order chi connectivity index (χ0) is 18.4. The van der Waals surface area contributed by atoms with Gasteiger partial charge in [-0.2, -0.15) is 0 Å². The number of hydrogen-bond donors (Lipinski definition) is 2. The predicted molar refractivity (Wildman–Crippen MR) is 91.3 cm³/mol. The molecule has 8 heteroatoms. The summed E-state index contributed by atoms with van der Waals surface area (Å²) < 4.78 is 45.1. The fourth-order valence-electron chi connectivity index (χ4n) is 2.22. The number of furan rings is 1. The molecule has 6 nitrogen and oxygen atoms in total. The minimum atomic E-state index is -3.77. The van der Waals surface area contributed by atoms with E-state index in [1.165, 1.54) is 30.5 Å². The van der Waals surface area contributed by atoms with Gasteiger partial charge in [0.05, 0.1) is 18.6 Å². The average Bonchev–Trinajstić information content (AvgIpc) is 3.05. The quantitative estimate of drug-likeness (QED) is 0.747. The summed E-state index contributed by atoms with van der Waals surface area (Å²) in [7, 11) is -3.77. The smallest absolute Gasteiger partial charge is 0.238 e. The van der Waals surface area contributed by atoms with Crippen LogP contribution in [-0.4, -0.2) is 20.4 Å². The molecule has 0 saturated heterocycles. The molecule has 25 heavy (non-hydrogen) atoms. The largest absolute Gasteiger partial charge is 0.467 e. The van der Waals surface area contributed by atoms with Crippen LogP contribution in [0.5, 0.6) is 0 Å². The van der Waals surface area contributed by atoms with Crippen LogP contribution in [0.3, 0.4) is 0 Å². The molecule has 2 rings (SSSR count). The lowest BCUT2D eigenvalue weighted by Crippen LogP contribution is -2.49. The Morgan fingerprint density at radius 1 is 1.20 bits per heavy atom. The molecule has 1 amide bonds. The van der Waals surface area contributed by atoms with Gasteiger partial charge in [0, 0.05) is 0 Å². The Kier molecular flexibility index (Phi) is 6.33. The summed E-state index contributed by atoms with van der Waals surface area (Å²) in [4.78, 5) is 12.3. The van der Waals surface area contributed by atoms with Crippen LogP contribution < -0.4 is 10.0 Å². The zero-order valence-corrected chi connectivity index (χ0v) is 14.8. The number of sulfonamides is 1.